The Bertz CT molecular complexity index is 623. The molecule has 0 fully saturated rings. The first-order chi connectivity index (χ1) is 10.2. The van der Waals surface area contributed by atoms with Gasteiger partial charge < -0.3 is 9.84 Å². The van der Waals surface area contributed by atoms with Crippen molar-refractivity contribution >= 4 is 28.7 Å². The van der Waals surface area contributed by atoms with Crippen molar-refractivity contribution in [3.63, 3.8) is 0 Å². The van der Waals surface area contributed by atoms with Gasteiger partial charge >= 0.3 is 5.97 Å². The van der Waals surface area contributed by atoms with Gasteiger partial charge in [-0.1, -0.05) is 0 Å². The number of phenolic OH excluding ortho intramolecular Hbond substituents is 1. The first-order valence-corrected chi connectivity index (χ1v) is 7.23. The molecule has 0 aliphatic carbocycles. The van der Waals surface area contributed by atoms with Crippen LogP contribution in [0.4, 0.5) is 5.13 Å². The number of aromatic nitrogens is 1. The van der Waals surface area contributed by atoms with Crippen LogP contribution in [0.3, 0.4) is 0 Å². The Morgan fingerprint density at radius 3 is 2.95 bits per heavy atom. The highest BCUT2D eigenvalue weighted by Crippen LogP contribution is 2.16. The van der Waals surface area contributed by atoms with Gasteiger partial charge in [0.2, 0.25) is 5.13 Å². The Morgan fingerprint density at radius 2 is 2.24 bits per heavy atom. The van der Waals surface area contributed by atoms with E-state index < -0.39 is 0 Å². The molecule has 110 valence electrons. The fourth-order valence-electron chi connectivity index (χ4n) is 1.52. The number of carbonyl (C=O) groups excluding carboxylic acids is 1. The standard InChI is InChI=1S/C14H15N3O3S/c1-2-20-13(19)7-11-9-21-14(16-11)17-15-8-10-3-5-12(18)6-4-10/h3-6,8-9,18H,2,7H2,1H3,(H,16,17). The second-order valence-electron chi connectivity index (χ2n) is 4.09. The van der Waals surface area contributed by atoms with Crippen LogP contribution in [0.1, 0.15) is 18.2 Å². The van der Waals surface area contributed by atoms with Gasteiger partial charge in [-0.3, -0.25) is 10.2 Å². The van der Waals surface area contributed by atoms with Crippen LogP contribution < -0.4 is 5.43 Å². The van der Waals surface area contributed by atoms with E-state index in [1.807, 2.05) is 0 Å². The zero-order valence-corrected chi connectivity index (χ0v) is 12.3. The monoisotopic (exact) mass is 305 g/mol. The second kappa shape index (κ2) is 7.39. The van der Waals surface area contributed by atoms with Crippen LogP contribution >= 0.6 is 11.3 Å². The Balaban J connectivity index is 1.87. The molecule has 0 spiro atoms. The fourth-order valence-corrected chi connectivity index (χ4v) is 2.18. The van der Waals surface area contributed by atoms with Gasteiger partial charge in [-0.05, 0) is 36.8 Å². The molecular weight excluding hydrogens is 290 g/mol. The summed E-state index contributed by atoms with van der Waals surface area (Å²) in [6.07, 6.45) is 1.78. The van der Waals surface area contributed by atoms with Crippen LogP contribution in [0.5, 0.6) is 5.75 Å². The average Bonchev–Trinajstić information content (AvgIpc) is 2.89. The molecule has 1 aromatic carbocycles. The summed E-state index contributed by atoms with van der Waals surface area (Å²) in [6.45, 7) is 2.13. The number of phenols is 1. The Labute approximate surface area is 126 Å². The van der Waals surface area contributed by atoms with Gasteiger partial charge in [-0.25, -0.2) is 4.98 Å². The third-order valence-corrected chi connectivity index (χ3v) is 3.25. The maximum absolute atomic E-state index is 11.3. The van der Waals surface area contributed by atoms with Crippen LogP contribution in [0.25, 0.3) is 0 Å². The highest BCUT2D eigenvalue weighted by atomic mass is 32.1. The van der Waals surface area contributed by atoms with Crippen LogP contribution in [0, 0.1) is 0 Å². The Kier molecular flexibility index (Phi) is 5.28. The van der Waals surface area contributed by atoms with E-state index in [9.17, 15) is 4.79 Å². The van der Waals surface area contributed by atoms with E-state index in [0.717, 1.165) is 5.56 Å². The molecule has 7 heteroatoms. The summed E-state index contributed by atoms with van der Waals surface area (Å²) in [5.74, 6) is -0.0782. The largest absolute Gasteiger partial charge is 0.508 e. The molecule has 0 amide bonds. The zero-order valence-electron chi connectivity index (χ0n) is 11.4. The summed E-state index contributed by atoms with van der Waals surface area (Å²) >= 11 is 1.36. The number of nitrogens with one attached hydrogen (secondary N) is 1. The van der Waals surface area contributed by atoms with Crippen LogP contribution in [0.15, 0.2) is 34.7 Å². The summed E-state index contributed by atoms with van der Waals surface area (Å²) < 4.78 is 4.86. The molecule has 0 aliphatic heterocycles. The van der Waals surface area contributed by atoms with Gasteiger partial charge in [0.05, 0.1) is 24.9 Å². The first-order valence-electron chi connectivity index (χ1n) is 6.35. The molecule has 0 saturated carbocycles. The normalized spacial score (nSPS) is 10.7. The van der Waals surface area contributed by atoms with E-state index in [1.165, 1.54) is 11.3 Å². The molecule has 21 heavy (non-hydrogen) atoms. The molecule has 0 unspecified atom stereocenters. The third kappa shape index (κ3) is 4.88. The van der Waals surface area contributed by atoms with E-state index in [0.29, 0.717) is 17.4 Å². The van der Waals surface area contributed by atoms with Gasteiger partial charge in [0.1, 0.15) is 5.75 Å². The summed E-state index contributed by atoms with van der Waals surface area (Å²) in [5.41, 5.74) is 4.30. The highest BCUT2D eigenvalue weighted by Gasteiger charge is 2.07. The highest BCUT2D eigenvalue weighted by molar-refractivity contribution is 7.13. The number of anilines is 1. The molecule has 0 radical (unpaired) electrons. The number of benzene rings is 1. The molecule has 0 atom stereocenters. The number of hydrogen-bond donors (Lipinski definition) is 2. The summed E-state index contributed by atoms with van der Waals surface area (Å²) in [5, 5.41) is 15.6. The Morgan fingerprint density at radius 1 is 1.48 bits per heavy atom. The predicted molar refractivity (Wildman–Crippen MR) is 81.8 cm³/mol. The number of nitrogens with zero attached hydrogens (tertiary/aromatic N) is 2. The van der Waals surface area contributed by atoms with Crippen molar-refractivity contribution in [2.75, 3.05) is 12.0 Å². The summed E-state index contributed by atoms with van der Waals surface area (Å²) in [7, 11) is 0. The number of carbonyl (C=O) groups is 1. The Hall–Kier alpha value is -2.41. The van der Waals surface area contributed by atoms with Gasteiger partial charge in [0.15, 0.2) is 0 Å². The van der Waals surface area contributed by atoms with E-state index in [4.69, 9.17) is 9.84 Å². The second-order valence-corrected chi connectivity index (χ2v) is 4.95. The maximum atomic E-state index is 11.3. The lowest BCUT2D eigenvalue weighted by Crippen LogP contribution is -2.07. The van der Waals surface area contributed by atoms with Gasteiger partial charge in [-0.15, -0.1) is 11.3 Å². The zero-order chi connectivity index (χ0) is 15.1. The number of hydrogen-bond acceptors (Lipinski definition) is 7. The van der Waals surface area contributed by atoms with Crippen LogP contribution in [0.2, 0.25) is 0 Å². The van der Waals surface area contributed by atoms with Crippen molar-refractivity contribution < 1.29 is 14.6 Å². The van der Waals surface area contributed by atoms with Crippen molar-refractivity contribution in [1.29, 1.82) is 0 Å². The quantitative estimate of drug-likeness (QED) is 0.486. The molecule has 1 aromatic heterocycles. The summed E-state index contributed by atoms with van der Waals surface area (Å²) in [6, 6.07) is 6.66. The molecule has 6 nitrogen and oxygen atoms in total. The van der Waals surface area contributed by atoms with Crippen LogP contribution in [-0.4, -0.2) is 28.9 Å². The number of ether oxygens (including phenoxy) is 1. The topological polar surface area (TPSA) is 83.8 Å². The fraction of sp³-hybridized carbons (Fsp3) is 0.214. The van der Waals surface area contributed by atoms with Gasteiger partial charge in [-0.2, -0.15) is 5.10 Å². The van der Waals surface area contributed by atoms with Crippen molar-refractivity contribution in [3.8, 4) is 5.75 Å². The van der Waals surface area contributed by atoms with Gasteiger partial charge in [0.25, 0.3) is 0 Å². The lowest BCUT2D eigenvalue weighted by molar-refractivity contribution is -0.142. The van der Waals surface area contributed by atoms with Crippen LogP contribution in [-0.2, 0) is 16.0 Å². The predicted octanol–water partition coefficient (Wildman–Crippen LogP) is 2.40. The molecule has 2 N–H and O–H groups in total. The first kappa shape index (κ1) is 15.0. The molecule has 0 aliphatic rings. The number of aromatic hydroxyl groups is 1. The molecule has 2 aromatic rings. The smallest absolute Gasteiger partial charge is 0.311 e. The SMILES string of the molecule is CCOC(=O)Cc1csc(NN=Cc2ccc(O)cc2)n1. The minimum atomic E-state index is -0.290. The summed E-state index contributed by atoms with van der Waals surface area (Å²) in [4.78, 5) is 15.6. The van der Waals surface area contributed by atoms with Crippen molar-refractivity contribution in [2.45, 2.75) is 13.3 Å². The van der Waals surface area contributed by atoms with E-state index >= 15 is 0 Å². The molecule has 0 saturated heterocycles. The minimum Gasteiger partial charge on any atom is -0.508 e. The molecule has 1 heterocycles. The number of rotatable bonds is 6. The molecule has 0 bridgehead atoms. The number of thiazole rings is 1. The van der Waals surface area contributed by atoms with E-state index in [2.05, 4.69) is 15.5 Å². The van der Waals surface area contributed by atoms with Gasteiger partial charge in [0, 0.05) is 5.38 Å². The minimum absolute atomic E-state index is 0.160. The third-order valence-electron chi connectivity index (χ3n) is 2.45. The molecule has 2 rings (SSSR count). The van der Waals surface area contributed by atoms with E-state index in [-0.39, 0.29) is 18.1 Å². The molecular formula is C14H15N3O3S. The van der Waals surface area contributed by atoms with Crippen molar-refractivity contribution in [3.05, 3.63) is 40.9 Å². The average molecular weight is 305 g/mol. The number of esters is 1. The van der Waals surface area contributed by atoms with E-state index in [1.54, 1.807) is 42.8 Å². The maximum Gasteiger partial charge on any atom is 0.311 e. The number of hydrazone groups is 1. The van der Waals surface area contributed by atoms with Crippen molar-refractivity contribution in [1.82, 2.24) is 4.98 Å². The lowest BCUT2D eigenvalue weighted by Gasteiger charge is -1.98. The lowest BCUT2D eigenvalue weighted by atomic mass is 10.2. The van der Waals surface area contributed by atoms with Crippen molar-refractivity contribution in [2.24, 2.45) is 5.10 Å².